The molecule has 3 aromatic carbocycles. The van der Waals surface area contributed by atoms with Gasteiger partial charge >= 0.3 is 0 Å². The van der Waals surface area contributed by atoms with Gasteiger partial charge in [-0.2, -0.15) is 0 Å². The highest BCUT2D eigenvalue weighted by Crippen LogP contribution is 2.20. The monoisotopic (exact) mass is 417 g/mol. The summed E-state index contributed by atoms with van der Waals surface area (Å²) in [5, 5.41) is 4.12. The first kappa shape index (κ1) is 19.9. The topological polar surface area (TPSA) is 64.0 Å². The van der Waals surface area contributed by atoms with Crippen LogP contribution in [0, 0.1) is 13.8 Å². The Kier molecular flexibility index (Phi) is 5.38. The van der Waals surface area contributed by atoms with Gasteiger partial charge in [-0.05, 0) is 67.4 Å². The lowest BCUT2D eigenvalue weighted by Crippen LogP contribution is -2.24. The number of nitrogens with zero attached hydrogens (tertiary/aromatic N) is 2. The molecule has 0 unspecified atom stereocenters. The summed E-state index contributed by atoms with van der Waals surface area (Å²) in [6, 6.07) is 19.9. The van der Waals surface area contributed by atoms with Gasteiger partial charge in [0.25, 0.3) is 11.5 Å². The largest absolute Gasteiger partial charge is 0.322 e. The van der Waals surface area contributed by atoms with Gasteiger partial charge in [-0.25, -0.2) is 4.98 Å². The third-order valence-electron chi connectivity index (χ3n) is 5.03. The van der Waals surface area contributed by atoms with E-state index in [-0.39, 0.29) is 11.5 Å². The molecule has 0 aliphatic heterocycles. The van der Waals surface area contributed by atoms with E-state index in [1.807, 2.05) is 50.2 Å². The van der Waals surface area contributed by atoms with Crippen LogP contribution in [0.25, 0.3) is 10.9 Å². The van der Waals surface area contributed by atoms with E-state index >= 15 is 0 Å². The van der Waals surface area contributed by atoms with Crippen molar-refractivity contribution in [1.29, 1.82) is 0 Å². The number of carbonyl (C=O) groups excluding carboxylic acids is 1. The number of carbonyl (C=O) groups is 1. The predicted octanol–water partition coefficient (Wildman–Crippen LogP) is 4.97. The molecule has 1 amide bonds. The molecule has 1 aromatic heterocycles. The van der Waals surface area contributed by atoms with Crippen molar-refractivity contribution in [3.63, 3.8) is 0 Å². The number of aromatic nitrogens is 2. The van der Waals surface area contributed by atoms with Crippen molar-refractivity contribution in [2.24, 2.45) is 0 Å². The molecule has 30 heavy (non-hydrogen) atoms. The Morgan fingerprint density at radius 2 is 1.77 bits per heavy atom. The van der Waals surface area contributed by atoms with Crippen LogP contribution in [-0.2, 0) is 6.54 Å². The highest BCUT2D eigenvalue weighted by Gasteiger charge is 2.10. The fourth-order valence-electron chi connectivity index (χ4n) is 3.34. The Balaban J connectivity index is 1.54. The summed E-state index contributed by atoms with van der Waals surface area (Å²) < 4.78 is 1.65. The lowest BCUT2D eigenvalue weighted by Gasteiger charge is -2.11. The molecule has 0 spiro atoms. The average Bonchev–Trinajstić information content (AvgIpc) is 2.74. The zero-order chi connectivity index (χ0) is 21.3. The maximum absolute atomic E-state index is 12.8. The second kappa shape index (κ2) is 8.13. The smallest absolute Gasteiger partial charge is 0.261 e. The summed E-state index contributed by atoms with van der Waals surface area (Å²) in [4.78, 5) is 29.9. The van der Waals surface area contributed by atoms with Crippen molar-refractivity contribution in [2.45, 2.75) is 20.4 Å². The number of rotatable bonds is 4. The van der Waals surface area contributed by atoms with E-state index in [1.54, 1.807) is 34.9 Å². The molecular formula is C24H20ClN3O2. The lowest BCUT2D eigenvalue weighted by molar-refractivity contribution is 0.102. The lowest BCUT2D eigenvalue weighted by atomic mass is 10.1. The molecular weight excluding hydrogens is 398 g/mol. The predicted molar refractivity (Wildman–Crippen MR) is 120 cm³/mol. The standard InChI is InChI=1S/C24H20ClN3O2/c1-15-13-19(11-12-21(15)25)27-23(29)18-9-7-17(8-10-18)14-28-16(2)26-22-6-4-3-5-20(22)24(28)30/h3-13H,14H2,1-2H3,(H,27,29). The molecule has 4 aromatic rings. The van der Waals surface area contributed by atoms with Gasteiger partial charge in [-0.3, -0.25) is 14.2 Å². The Bertz CT molecular complexity index is 1310. The van der Waals surface area contributed by atoms with Gasteiger partial charge in [0.2, 0.25) is 0 Å². The normalized spacial score (nSPS) is 10.9. The number of anilines is 1. The van der Waals surface area contributed by atoms with Gasteiger partial charge in [0.1, 0.15) is 5.82 Å². The minimum absolute atomic E-state index is 0.0713. The summed E-state index contributed by atoms with van der Waals surface area (Å²) in [7, 11) is 0. The van der Waals surface area contributed by atoms with E-state index in [0.29, 0.717) is 39.5 Å². The summed E-state index contributed by atoms with van der Waals surface area (Å²) in [5.74, 6) is 0.447. The zero-order valence-electron chi connectivity index (χ0n) is 16.6. The molecule has 0 saturated heterocycles. The van der Waals surface area contributed by atoms with Gasteiger partial charge in [0, 0.05) is 16.3 Å². The maximum Gasteiger partial charge on any atom is 0.261 e. The SMILES string of the molecule is Cc1cc(NC(=O)c2ccc(Cn3c(C)nc4ccccc4c3=O)cc2)ccc1Cl. The average molecular weight is 418 g/mol. The Hall–Kier alpha value is -3.44. The molecule has 0 aliphatic rings. The Labute approximate surface area is 179 Å². The fourth-order valence-corrected chi connectivity index (χ4v) is 3.45. The zero-order valence-corrected chi connectivity index (χ0v) is 17.4. The van der Waals surface area contributed by atoms with Crippen molar-refractivity contribution in [2.75, 3.05) is 5.32 Å². The minimum Gasteiger partial charge on any atom is -0.322 e. The first-order valence-corrected chi connectivity index (χ1v) is 9.93. The fraction of sp³-hybridized carbons (Fsp3) is 0.125. The van der Waals surface area contributed by atoms with E-state index in [9.17, 15) is 9.59 Å². The molecule has 1 N–H and O–H groups in total. The maximum atomic E-state index is 12.8. The number of fused-ring (bicyclic) bond motifs is 1. The van der Waals surface area contributed by atoms with Gasteiger partial charge in [0.05, 0.1) is 17.4 Å². The molecule has 0 fully saturated rings. The number of benzene rings is 3. The van der Waals surface area contributed by atoms with Crippen LogP contribution in [0.4, 0.5) is 5.69 Å². The van der Waals surface area contributed by atoms with Crippen molar-refractivity contribution >= 4 is 34.1 Å². The van der Waals surface area contributed by atoms with E-state index in [2.05, 4.69) is 10.3 Å². The summed E-state index contributed by atoms with van der Waals surface area (Å²) >= 11 is 6.03. The second-order valence-electron chi connectivity index (χ2n) is 7.18. The number of hydrogen-bond donors (Lipinski definition) is 1. The van der Waals surface area contributed by atoms with Crippen molar-refractivity contribution in [1.82, 2.24) is 9.55 Å². The van der Waals surface area contributed by atoms with Gasteiger partial charge in [-0.1, -0.05) is 35.9 Å². The summed E-state index contributed by atoms with van der Waals surface area (Å²) in [5.41, 5.74) is 3.66. The quantitative estimate of drug-likeness (QED) is 0.510. The third-order valence-corrected chi connectivity index (χ3v) is 5.45. The molecule has 0 radical (unpaired) electrons. The number of hydrogen-bond acceptors (Lipinski definition) is 3. The molecule has 4 rings (SSSR count). The van der Waals surface area contributed by atoms with Gasteiger partial charge in [-0.15, -0.1) is 0 Å². The summed E-state index contributed by atoms with van der Waals surface area (Å²) in [6.07, 6.45) is 0. The second-order valence-corrected chi connectivity index (χ2v) is 7.59. The number of amides is 1. The van der Waals surface area contributed by atoms with Crippen LogP contribution in [0.1, 0.15) is 27.3 Å². The molecule has 5 nitrogen and oxygen atoms in total. The minimum atomic E-state index is -0.205. The van der Waals surface area contributed by atoms with Crippen LogP contribution in [0.15, 0.2) is 71.5 Å². The van der Waals surface area contributed by atoms with E-state index in [1.165, 1.54) is 0 Å². The Morgan fingerprint density at radius 3 is 2.50 bits per heavy atom. The van der Waals surface area contributed by atoms with Crippen LogP contribution in [0.5, 0.6) is 0 Å². The van der Waals surface area contributed by atoms with Gasteiger partial charge < -0.3 is 5.32 Å². The van der Waals surface area contributed by atoms with Crippen LogP contribution in [0.3, 0.4) is 0 Å². The van der Waals surface area contributed by atoms with Crippen molar-refractivity contribution in [3.8, 4) is 0 Å². The van der Waals surface area contributed by atoms with Crippen LogP contribution >= 0.6 is 11.6 Å². The molecule has 1 heterocycles. The molecule has 0 bridgehead atoms. The first-order chi connectivity index (χ1) is 14.4. The molecule has 6 heteroatoms. The van der Waals surface area contributed by atoms with E-state index < -0.39 is 0 Å². The molecule has 0 atom stereocenters. The third kappa shape index (κ3) is 3.98. The highest BCUT2D eigenvalue weighted by molar-refractivity contribution is 6.31. The first-order valence-electron chi connectivity index (χ1n) is 9.55. The molecule has 0 aliphatic carbocycles. The Morgan fingerprint density at radius 1 is 1.03 bits per heavy atom. The highest BCUT2D eigenvalue weighted by atomic mass is 35.5. The molecule has 150 valence electrons. The van der Waals surface area contributed by atoms with Gasteiger partial charge in [0.15, 0.2) is 0 Å². The number of halogens is 1. The van der Waals surface area contributed by atoms with Crippen molar-refractivity contribution < 1.29 is 4.79 Å². The van der Waals surface area contributed by atoms with Crippen LogP contribution in [-0.4, -0.2) is 15.5 Å². The van der Waals surface area contributed by atoms with E-state index in [4.69, 9.17) is 11.6 Å². The van der Waals surface area contributed by atoms with Crippen molar-refractivity contribution in [3.05, 3.63) is 105 Å². The number of nitrogens with one attached hydrogen (secondary N) is 1. The van der Waals surface area contributed by atoms with E-state index in [0.717, 1.165) is 11.1 Å². The molecule has 0 saturated carbocycles. The van der Waals surface area contributed by atoms with Crippen LogP contribution in [0.2, 0.25) is 5.02 Å². The van der Waals surface area contributed by atoms with Crippen LogP contribution < -0.4 is 10.9 Å². The number of para-hydroxylation sites is 1. The summed E-state index contributed by atoms with van der Waals surface area (Å²) in [6.45, 7) is 4.10. The number of aryl methyl sites for hydroxylation is 2.